The predicted molar refractivity (Wildman–Crippen MR) is 67.6 cm³/mol. The van der Waals surface area contributed by atoms with Gasteiger partial charge in [0, 0.05) is 31.0 Å². The summed E-state index contributed by atoms with van der Waals surface area (Å²) in [6, 6.07) is 4.81. The van der Waals surface area contributed by atoms with Crippen LogP contribution in [0, 0.1) is 11.3 Å². The highest BCUT2D eigenvalue weighted by Crippen LogP contribution is 1.99. The maximum Gasteiger partial charge on any atom is 0.251 e. The molecule has 0 spiro atoms. The monoisotopic (exact) mass is 248 g/mol. The van der Waals surface area contributed by atoms with Gasteiger partial charge in [0.25, 0.3) is 5.56 Å². The third-order valence-corrected chi connectivity index (χ3v) is 2.54. The molecule has 0 saturated carbocycles. The molecule has 0 aliphatic heterocycles. The van der Waals surface area contributed by atoms with E-state index in [1.54, 1.807) is 4.90 Å². The molecule has 0 radical (unpaired) electrons. The fraction of sp³-hybridized carbons (Fsp3) is 0.417. The smallest absolute Gasteiger partial charge is 0.251 e. The minimum atomic E-state index is -0.270. The van der Waals surface area contributed by atoms with Crippen LogP contribution in [-0.2, 0) is 11.3 Å². The predicted octanol–water partition coefficient (Wildman–Crippen LogP) is 0.193. The zero-order chi connectivity index (χ0) is 13.5. The van der Waals surface area contributed by atoms with Gasteiger partial charge >= 0.3 is 0 Å². The first-order valence-electron chi connectivity index (χ1n) is 5.69. The van der Waals surface area contributed by atoms with Gasteiger partial charge in [0.1, 0.15) is 6.54 Å². The molecule has 2 N–H and O–H groups in total. The van der Waals surface area contributed by atoms with Crippen LogP contribution >= 0.6 is 0 Å². The lowest BCUT2D eigenvalue weighted by Gasteiger charge is -2.20. The van der Waals surface area contributed by atoms with Crippen molar-refractivity contribution in [3.05, 3.63) is 28.7 Å². The number of pyridine rings is 1. The second-order valence-corrected chi connectivity index (χ2v) is 3.81. The molecule has 0 saturated heterocycles. The Bertz CT molecular complexity index is 516. The second kappa shape index (κ2) is 6.45. The van der Waals surface area contributed by atoms with Gasteiger partial charge in [-0.15, -0.1) is 0 Å². The zero-order valence-electron chi connectivity index (χ0n) is 10.3. The van der Waals surface area contributed by atoms with Gasteiger partial charge in [0.05, 0.1) is 12.5 Å². The number of nitrogens with zero attached hydrogens (tertiary/aromatic N) is 3. The molecule has 1 aromatic rings. The van der Waals surface area contributed by atoms with Crippen molar-refractivity contribution in [2.75, 3.05) is 18.8 Å². The summed E-state index contributed by atoms with van der Waals surface area (Å²) in [6.07, 6.45) is 1.73. The molecular formula is C12H16N4O2. The molecule has 0 unspecified atom stereocenters. The SMILES string of the molecule is CCN(CCC#N)C(=O)Cn1cc(N)ccc1=O. The largest absolute Gasteiger partial charge is 0.398 e. The number of nitriles is 1. The number of rotatable bonds is 5. The molecule has 0 bridgehead atoms. The molecule has 0 aromatic carbocycles. The summed E-state index contributed by atoms with van der Waals surface area (Å²) < 4.78 is 1.27. The molecular weight excluding hydrogens is 232 g/mol. The molecule has 0 aliphatic rings. The summed E-state index contributed by atoms with van der Waals surface area (Å²) in [5, 5.41) is 8.50. The molecule has 6 heteroatoms. The van der Waals surface area contributed by atoms with E-state index in [4.69, 9.17) is 11.0 Å². The van der Waals surface area contributed by atoms with Gasteiger partial charge in [0.2, 0.25) is 5.91 Å². The number of carbonyl (C=O) groups excluding carboxylic acids is 1. The van der Waals surface area contributed by atoms with Crippen molar-refractivity contribution in [3.63, 3.8) is 0 Å². The van der Waals surface area contributed by atoms with E-state index in [0.717, 1.165) is 0 Å². The average Bonchev–Trinajstić information content (AvgIpc) is 2.35. The number of nitrogen functional groups attached to an aromatic ring is 1. The van der Waals surface area contributed by atoms with E-state index < -0.39 is 0 Å². The lowest BCUT2D eigenvalue weighted by Crippen LogP contribution is -2.36. The van der Waals surface area contributed by atoms with Crippen LogP contribution in [-0.4, -0.2) is 28.5 Å². The van der Waals surface area contributed by atoms with Crippen LogP contribution in [0.15, 0.2) is 23.1 Å². The molecule has 96 valence electrons. The molecule has 1 rings (SSSR count). The van der Waals surface area contributed by atoms with Gasteiger partial charge in [-0.3, -0.25) is 9.59 Å². The molecule has 6 nitrogen and oxygen atoms in total. The van der Waals surface area contributed by atoms with Crippen LogP contribution in [0.4, 0.5) is 5.69 Å². The third-order valence-electron chi connectivity index (χ3n) is 2.54. The van der Waals surface area contributed by atoms with Gasteiger partial charge in [-0.2, -0.15) is 5.26 Å². The van der Waals surface area contributed by atoms with Gasteiger partial charge in [-0.25, -0.2) is 0 Å². The maximum absolute atomic E-state index is 11.9. The van der Waals surface area contributed by atoms with Crippen molar-refractivity contribution < 1.29 is 4.79 Å². The van der Waals surface area contributed by atoms with E-state index in [1.807, 2.05) is 13.0 Å². The van der Waals surface area contributed by atoms with E-state index in [1.165, 1.54) is 22.9 Å². The topological polar surface area (TPSA) is 92.1 Å². The van der Waals surface area contributed by atoms with E-state index in [2.05, 4.69) is 0 Å². The molecule has 0 aliphatic carbocycles. The van der Waals surface area contributed by atoms with Crippen molar-refractivity contribution in [1.82, 2.24) is 9.47 Å². The number of hydrogen-bond acceptors (Lipinski definition) is 4. The summed E-state index contributed by atoms with van der Waals surface area (Å²) in [5.41, 5.74) is 5.73. The fourth-order valence-electron chi connectivity index (χ4n) is 1.56. The highest BCUT2D eigenvalue weighted by atomic mass is 16.2. The molecule has 1 amide bonds. The van der Waals surface area contributed by atoms with Crippen molar-refractivity contribution in [1.29, 1.82) is 5.26 Å². The zero-order valence-corrected chi connectivity index (χ0v) is 10.3. The molecule has 18 heavy (non-hydrogen) atoms. The summed E-state index contributed by atoms with van der Waals surface area (Å²) in [4.78, 5) is 25.0. The summed E-state index contributed by atoms with van der Waals surface area (Å²) in [6.45, 7) is 2.67. The Kier molecular flexibility index (Phi) is 4.93. The highest BCUT2D eigenvalue weighted by molar-refractivity contribution is 5.76. The van der Waals surface area contributed by atoms with Gasteiger partial charge in [-0.05, 0) is 13.0 Å². The number of likely N-dealkylation sites (N-methyl/N-ethyl adjacent to an activating group) is 1. The maximum atomic E-state index is 11.9. The second-order valence-electron chi connectivity index (χ2n) is 3.81. The Hall–Kier alpha value is -2.29. The third kappa shape index (κ3) is 3.63. The molecule has 1 heterocycles. The van der Waals surface area contributed by atoms with E-state index in [0.29, 0.717) is 18.8 Å². The van der Waals surface area contributed by atoms with Crippen LogP contribution in [0.1, 0.15) is 13.3 Å². The Morgan fingerprint density at radius 2 is 2.28 bits per heavy atom. The van der Waals surface area contributed by atoms with E-state index in [9.17, 15) is 9.59 Å². The van der Waals surface area contributed by atoms with Crippen LogP contribution in [0.3, 0.4) is 0 Å². The first-order valence-corrected chi connectivity index (χ1v) is 5.69. The number of hydrogen-bond donors (Lipinski definition) is 1. The Morgan fingerprint density at radius 3 is 2.89 bits per heavy atom. The van der Waals surface area contributed by atoms with Crippen molar-refractivity contribution in [2.45, 2.75) is 19.9 Å². The Balaban J connectivity index is 2.77. The number of aromatic nitrogens is 1. The summed E-state index contributed by atoms with van der Waals surface area (Å²) >= 11 is 0. The first kappa shape index (κ1) is 13.8. The normalized spacial score (nSPS) is 9.78. The Morgan fingerprint density at radius 1 is 1.56 bits per heavy atom. The van der Waals surface area contributed by atoms with Crippen molar-refractivity contribution in [3.8, 4) is 6.07 Å². The standard InChI is InChI=1S/C12H16N4O2/c1-2-15(7-3-6-13)12(18)9-16-8-10(14)4-5-11(16)17/h4-5,8H,2-3,7,9,14H2,1H3. The lowest BCUT2D eigenvalue weighted by atomic mass is 10.3. The summed E-state index contributed by atoms with van der Waals surface area (Å²) in [5.74, 6) is -0.194. The Labute approximate surface area is 105 Å². The lowest BCUT2D eigenvalue weighted by molar-refractivity contribution is -0.131. The molecule has 0 fully saturated rings. The first-order chi connectivity index (χ1) is 8.58. The minimum Gasteiger partial charge on any atom is -0.398 e. The summed E-state index contributed by atoms with van der Waals surface area (Å²) in [7, 11) is 0. The highest BCUT2D eigenvalue weighted by Gasteiger charge is 2.12. The van der Waals surface area contributed by atoms with Gasteiger partial charge in [-0.1, -0.05) is 0 Å². The van der Waals surface area contributed by atoms with Gasteiger partial charge in [0.15, 0.2) is 0 Å². The quantitative estimate of drug-likeness (QED) is 0.805. The number of anilines is 1. The van der Waals surface area contributed by atoms with Gasteiger partial charge < -0.3 is 15.2 Å². The van der Waals surface area contributed by atoms with E-state index in [-0.39, 0.29) is 24.4 Å². The van der Waals surface area contributed by atoms with Crippen molar-refractivity contribution in [2.24, 2.45) is 0 Å². The number of nitrogens with two attached hydrogens (primary N) is 1. The van der Waals surface area contributed by atoms with Crippen LogP contribution in [0.5, 0.6) is 0 Å². The van der Waals surface area contributed by atoms with Crippen LogP contribution in [0.25, 0.3) is 0 Å². The fourth-order valence-corrected chi connectivity index (χ4v) is 1.56. The van der Waals surface area contributed by atoms with E-state index >= 15 is 0 Å². The van der Waals surface area contributed by atoms with Crippen LogP contribution in [0.2, 0.25) is 0 Å². The molecule has 1 aromatic heterocycles. The number of amides is 1. The molecule has 0 atom stereocenters. The average molecular weight is 248 g/mol. The number of carbonyl (C=O) groups is 1. The minimum absolute atomic E-state index is 0.0524. The van der Waals surface area contributed by atoms with Crippen LogP contribution < -0.4 is 11.3 Å². The van der Waals surface area contributed by atoms with Crippen molar-refractivity contribution >= 4 is 11.6 Å².